The van der Waals surface area contributed by atoms with Crippen molar-refractivity contribution >= 4 is 37.4 Å². The number of halogens is 1. The van der Waals surface area contributed by atoms with Crippen LogP contribution < -0.4 is 10.2 Å². The lowest BCUT2D eigenvalue weighted by Gasteiger charge is -2.22. The van der Waals surface area contributed by atoms with Crippen molar-refractivity contribution < 1.29 is 13.2 Å². The SMILES string of the molecule is CN(C)c1cccc(C(NC(=O)c2ccc(Br)cc2)c2ccc(S(C)(=O)=O)cc2)c1. The van der Waals surface area contributed by atoms with Crippen LogP contribution in [0, 0.1) is 0 Å². The Morgan fingerprint density at radius 2 is 1.57 bits per heavy atom. The average molecular weight is 487 g/mol. The number of hydrogen-bond donors (Lipinski definition) is 1. The molecule has 30 heavy (non-hydrogen) atoms. The van der Waals surface area contributed by atoms with Gasteiger partial charge < -0.3 is 10.2 Å². The Morgan fingerprint density at radius 1 is 0.933 bits per heavy atom. The Labute approximate surface area is 185 Å². The highest BCUT2D eigenvalue weighted by atomic mass is 79.9. The number of hydrogen-bond acceptors (Lipinski definition) is 4. The zero-order valence-electron chi connectivity index (χ0n) is 17.0. The van der Waals surface area contributed by atoms with E-state index in [1.54, 1.807) is 36.4 Å². The number of anilines is 1. The van der Waals surface area contributed by atoms with Crippen molar-refractivity contribution in [2.24, 2.45) is 0 Å². The van der Waals surface area contributed by atoms with Crippen molar-refractivity contribution in [3.05, 3.63) is 94.0 Å². The van der Waals surface area contributed by atoms with Crippen molar-refractivity contribution in [1.29, 1.82) is 0 Å². The lowest BCUT2D eigenvalue weighted by molar-refractivity contribution is 0.0943. The molecule has 0 aliphatic rings. The lowest BCUT2D eigenvalue weighted by atomic mass is 9.97. The number of carbonyl (C=O) groups excluding carboxylic acids is 1. The Hall–Kier alpha value is -2.64. The summed E-state index contributed by atoms with van der Waals surface area (Å²) in [5.74, 6) is -0.213. The molecule has 0 saturated carbocycles. The number of nitrogens with zero attached hydrogens (tertiary/aromatic N) is 1. The van der Waals surface area contributed by atoms with E-state index in [2.05, 4.69) is 21.2 Å². The first kappa shape index (κ1) is 22.1. The van der Waals surface area contributed by atoms with Crippen molar-refractivity contribution in [1.82, 2.24) is 5.32 Å². The molecule has 0 saturated heterocycles. The molecular formula is C23H23BrN2O3S. The third-order valence-electron chi connectivity index (χ3n) is 4.74. The van der Waals surface area contributed by atoms with Crippen molar-refractivity contribution in [2.45, 2.75) is 10.9 Å². The van der Waals surface area contributed by atoms with Crippen LogP contribution in [0.15, 0.2) is 82.2 Å². The molecule has 0 aliphatic carbocycles. The zero-order valence-corrected chi connectivity index (χ0v) is 19.4. The minimum absolute atomic E-state index is 0.213. The van der Waals surface area contributed by atoms with Gasteiger partial charge in [0.2, 0.25) is 0 Å². The number of nitrogens with one attached hydrogen (secondary N) is 1. The van der Waals surface area contributed by atoms with Gasteiger partial charge >= 0.3 is 0 Å². The zero-order chi connectivity index (χ0) is 21.9. The summed E-state index contributed by atoms with van der Waals surface area (Å²) in [5.41, 5.74) is 3.24. The number of sulfone groups is 1. The molecule has 0 heterocycles. The van der Waals surface area contributed by atoms with Gasteiger partial charge in [-0.1, -0.05) is 40.2 Å². The van der Waals surface area contributed by atoms with E-state index >= 15 is 0 Å². The maximum absolute atomic E-state index is 12.9. The van der Waals surface area contributed by atoms with E-state index < -0.39 is 15.9 Å². The third-order valence-corrected chi connectivity index (χ3v) is 6.40. The maximum atomic E-state index is 12.9. The fourth-order valence-electron chi connectivity index (χ4n) is 3.06. The fourth-order valence-corrected chi connectivity index (χ4v) is 3.96. The number of rotatable bonds is 6. The highest BCUT2D eigenvalue weighted by molar-refractivity contribution is 9.10. The molecule has 0 bridgehead atoms. The van der Waals surface area contributed by atoms with Crippen LogP contribution in [0.2, 0.25) is 0 Å². The van der Waals surface area contributed by atoms with Crippen LogP contribution >= 0.6 is 15.9 Å². The topological polar surface area (TPSA) is 66.5 Å². The van der Waals surface area contributed by atoms with Gasteiger partial charge in [-0.15, -0.1) is 0 Å². The Bertz CT molecular complexity index is 1140. The summed E-state index contributed by atoms with van der Waals surface area (Å²) in [4.78, 5) is 15.2. The summed E-state index contributed by atoms with van der Waals surface area (Å²) in [6.45, 7) is 0. The molecule has 1 amide bonds. The van der Waals surface area contributed by atoms with Gasteiger partial charge in [0.15, 0.2) is 9.84 Å². The molecule has 7 heteroatoms. The summed E-state index contributed by atoms with van der Waals surface area (Å²) >= 11 is 3.38. The molecule has 0 radical (unpaired) electrons. The summed E-state index contributed by atoms with van der Waals surface area (Å²) in [7, 11) is 0.611. The average Bonchev–Trinajstić information content (AvgIpc) is 2.72. The third kappa shape index (κ3) is 5.29. The van der Waals surface area contributed by atoms with Gasteiger partial charge in [-0.3, -0.25) is 4.79 Å². The van der Waals surface area contributed by atoms with Crippen molar-refractivity contribution in [3.8, 4) is 0 Å². The summed E-state index contributed by atoms with van der Waals surface area (Å²) < 4.78 is 24.5. The fraction of sp³-hybridized carbons (Fsp3) is 0.174. The van der Waals surface area contributed by atoms with Gasteiger partial charge in [-0.25, -0.2) is 8.42 Å². The van der Waals surface area contributed by atoms with Crippen LogP contribution in [0.4, 0.5) is 5.69 Å². The van der Waals surface area contributed by atoms with Gasteiger partial charge in [0, 0.05) is 36.1 Å². The minimum Gasteiger partial charge on any atom is -0.378 e. The highest BCUT2D eigenvalue weighted by Gasteiger charge is 2.19. The molecule has 0 aliphatic heterocycles. The molecule has 3 aromatic carbocycles. The van der Waals surface area contributed by atoms with E-state index in [0.717, 1.165) is 21.3 Å². The van der Waals surface area contributed by atoms with E-state index in [0.29, 0.717) is 5.56 Å². The largest absolute Gasteiger partial charge is 0.378 e. The Morgan fingerprint density at radius 3 is 2.13 bits per heavy atom. The Kier molecular flexibility index (Phi) is 6.63. The molecule has 5 nitrogen and oxygen atoms in total. The summed E-state index contributed by atoms with van der Waals surface area (Å²) in [6.07, 6.45) is 1.18. The second kappa shape index (κ2) is 9.02. The van der Waals surface area contributed by atoms with Gasteiger partial charge in [-0.2, -0.15) is 0 Å². The molecule has 3 aromatic rings. The highest BCUT2D eigenvalue weighted by Crippen LogP contribution is 2.27. The van der Waals surface area contributed by atoms with E-state index in [9.17, 15) is 13.2 Å². The minimum atomic E-state index is -3.30. The molecule has 0 fully saturated rings. The standard InChI is InChI=1S/C23H23BrN2O3S/c1-26(2)20-6-4-5-18(15-20)22(16-9-13-21(14-10-16)30(3,28)29)25-23(27)17-7-11-19(24)12-8-17/h4-15,22H,1-3H3,(H,25,27). The van der Waals surface area contributed by atoms with Crippen LogP contribution in [0.3, 0.4) is 0 Å². The first-order valence-electron chi connectivity index (χ1n) is 9.29. The smallest absolute Gasteiger partial charge is 0.252 e. The van der Waals surface area contributed by atoms with Gasteiger partial charge in [0.25, 0.3) is 5.91 Å². The quantitative estimate of drug-likeness (QED) is 0.559. The van der Waals surface area contributed by atoms with Crippen molar-refractivity contribution in [2.75, 3.05) is 25.3 Å². The molecule has 0 aromatic heterocycles. The molecule has 1 unspecified atom stereocenters. The van der Waals surface area contributed by atoms with Crippen LogP contribution in [0.5, 0.6) is 0 Å². The second-order valence-electron chi connectivity index (χ2n) is 7.24. The van der Waals surface area contributed by atoms with Crippen LogP contribution in [-0.2, 0) is 9.84 Å². The molecule has 1 atom stereocenters. The first-order chi connectivity index (χ1) is 14.1. The molecule has 156 valence electrons. The first-order valence-corrected chi connectivity index (χ1v) is 12.0. The monoisotopic (exact) mass is 486 g/mol. The normalized spacial score (nSPS) is 12.3. The number of amides is 1. The maximum Gasteiger partial charge on any atom is 0.252 e. The van der Waals surface area contributed by atoms with Gasteiger partial charge in [0.05, 0.1) is 10.9 Å². The Balaban J connectivity index is 2.01. The predicted octanol–water partition coefficient (Wildman–Crippen LogP) is 4.44. The summed E-state index contributed by atoms with van der Waals surface area (Å²) in [6, 6.07) is 21.2. The van der Waals surface area contributed by atoms with Crippen LogP contribution in [0.1, 0.15) is 27.5 Å². The van der Waals surface area contributed by atoms with Crippen molar-refractivity contribution in [3.63, 3.8) is 0 Å². The van der Waals surface area contributed by atoms with E-state index in [4.69, 9.17) is 0 Å². The number of benzene rings is 3. The molecular weight excluding hydrogens is 464 g/mol. The molecule has 1 N–H and O–H groups in total. The van der Waals surface area contributed by atoms with Crippen LogP contribution in [0.25, 0.3) is 0 Å². The predicted molar refractivity (Wildman–Crippen MR) is 124 cm³/mol. The van der Waals surface area contributed by atoms with E-state index in [1.165, 1.54) is 6.26 Å². The van der Waals surface area contributed by atoms with Gasteiger partial charge in [0.1, 0.15) is 0 Å². The molecule has 0 spiro atoms. The summed E-state index contributed by atoms with van der Waals surface area (Å²) in [5, 5.41) is 3.09. The van der Waals surface area contributed by atoms with E-state index in [-0.39, 0.29) is 10.8 Å². The number of carbonyl (C=O) groups is 1. The van der Waals surface area contributed by atoms with E-state index in [1.807, 2.05) is 55.4 Å². The molecule has 3 rings (SSSR count). The lowest BCUT2D eigenvalue weighted by Crippen LogP contribution is -2.29. The van der Waals surface area contributed by atoms with Gasteiger partial charge in [-0.05, 0) is 59.7 Å². The van der Waals surface area contributed by atoms with Crippen LogP contribution in [-0.4, -0.2) is 34.7 Å². The second-order valence-corrected chi connectivity index (χ2v) is 10.2.